The number of methoxy groups -OCH3 is 1. The number of amides is 1. The van der Waals surface area contributed by atoms with E-state index in [9.17, 15) is 4.79 Å². The van der Waals surface area contributed by atoms with E-state index in [1.54, 1.807) is 7.11 Å². The maximum absolute atomic E-state index is 11.8. The highest BCUT2D eigenvalue weighted by molar-refractivity contribution is 5.99. The number of hydrogen-bond acceptors (Lipinski definition) is 2. The maximum Gasteiger partial charge on any atom is 0.252 e. The van der Waals surface area contributed by atoms with Crippen molar-refractivity contribution in [3.63, 3.8) is 0 Å². The molecular formula is C13H17NO2. The lowest BCUT2D eigenvalue weighted by molar-refractivity contribution is 0.0953. The molecule has 0 spiro atoms. The van der Waals surface area contributed by atoms with Crippen molar-refractivity contribution in [2.45, 2.75) is 26.3 Å². The van der Waals surface area contributed by atoms with Gasteiger partial charge in [0.05, 0.1) is 13.2 Å². The molecular weight excluding hydrogens is 202 g/mol. The maximum atomic E-state index is 11.8. The fraction of sp³-hybridized carbons (Fsp3) is 0.462. The van der Waals surface area contributed by atoms with Gasteiger partial charge in [0.1, 0.15) is 5.75 Å². The van der Waals surface area contributed by atoms with Crippen molar-refractivity contribution in [2.24, 2.45) is 5.92 Å². The smallest absolute Gasteiger partial charge is 0.252 e. The van der Waals surface area contributed by atoms with E-state index < -0.39 is 0 Å². The molecule has 0 radical (unpaired) electrons. The summed E-state index contributed by atoms with van der Waals surface area (Å²) in [4.78, 5) is 11.8. The van der Waals surface area contributed by atoms with Crippen LogP contribution in [0.25, 0.3) is 0 Å². The normalized spacial score (nSPS) is 18.5. The molecule has 1 aromatic carbocycles. The summed E-state index contributed by atoms with van der Waals surface area (Å²) >= 11 is 0. The highest BCUT2D eigenvalue weighted by Crippen LogP contribution is 2.32. The molecule has 1 aliphatic rings. The van der Waals surface area contributed by atoms with Crippen LogP contribution in [0.3, 0.4) is 0 Å². The minimum absolute atomic E-state index is 0.0135. The fourth-order valence-electron chi connectivity index (χ4n) is 2.13. The summed E-state index contributed by atoms with van der Waals surface area (Å²) in [5.41, 5.74) is 1.85. The van der Waals surface area contributed by atoms with Gasteiger partial charge in [-0.15, -0.1) is 0 Å². The second-order valence-electron chi connectivity index (χ2n) is 4.61. The van der Waals surface area contributed by atoms with Gasteiger partial charge in [0.2, 0.25) is 0 Å². The lowest BCUT2D eigenvalue weighted by Gasteiger charge is -2.14. The Bertz CT molecular complexity index is 412. The molecule has 3 nitrogen and oxygen atoms in total. The first-order valence-electron chi connectivity index (χ1n) is 5.60. The standard InChI is InChI=1S/C13H17NO2/c1-8(2)6-12-10-5-4-9(16-3)7-11(10)13(15)14-12/h4-5,7-8,12H,6H2,1-3H3,(H,14,15). The van der Waals surface area contributed by atoms with E-state index >= 15 is 0 Å². The zero-order chi connectivity index (χ0) is 11.7. The summed E-state index contributed by atoms with van der Waals surface area (Å²) in [7, 11) is 1.61. The molecule has 3 heteroatoms. The van der Waals surface area contributed by atoms with Gasteiger partial charge in [-0.2, -0.15) is 0 Å². The Hall–Kier alpha value is -1.51. The van der Waals surface area contributed by atoms with Gasteiger partial charge in [-0.25, -0.2) is 0 Å². The average Bonchev–Trinajstić information content (AvgIpc) is 2.54. The van der Waals surface area contributed by atoms with Crippen LogP contribution in [0.4, 0.5) is 0 Å². The number of ether oxygens (including phenoxy) is 1. The largest absolute Gasteiger partial charge is 0.497 e. The van der Waals surface area contributed by atoms with Crippen molar-refractivity contribution in [1.82, 2.24) is 5.32 Å². The van der Waals surface area contributed by atoms with Gasteiger partial charge in [-0.3, -0.25) is 4.79 Å². The molecule has 16 heavy (non-hydrogen) atoms. The summed E-state index contributed by atoms with van der Waals surface area (Å²) in [5, 5.41) is 3.01. The van der Waals surface area contributed by atoms with E-state index in [2.05, 4.69) is 19.2 Å². The van der Waals surface area contributed by atoms with Gasteiger partial charge in [0.15, 0.2) is 0 Å². The Morgan fingerprint density at radius 1 is 1.44 bits per heavy atom. The van der Waals surface area contributed by atoms with Crippen LogP contribution < -0.4 is 10.1 Å². The topological polar surface area (TPSA) is 38.3 Å². The molecule has 1 aliphatic heterocycles. The molecule has 0 saturated carbocycles. The second kappa shape index (κ2) is 4.16. The molecule has 1 atom stereocenters. The highest BCUT2D eigenvalue weighted by Gasteiger charge is 2.28. The number of benzene rings is 1. The number of carbonyl (C=O) groups excluding carboxylic acids is 1. The third-order valence-electron chi connectivity index (χ3n) is 2.89. The first-order chi connectivity index (χ1) is 7.61. The zero-order valence-corrected chi connectivity index (χ0v) is 9.91. The van der Waals surface area contributed by atoms with Crippen LogP contribution in [0.5, 0.6) is 5.75 Å². The van der Waals surface area contributed by atoms with Crippen LogP contribution >= 0.6 is 0 Å². The van der Waals surface area contributed by atoms with Gasteiger partial charge in [0.25, 0.3) is 5.91 Å². The van der Waals surface area contributed by atoms with Crippen LogP contribution in [-0.2, 0) is 0 Å². The molecule has 1 N–H and O–H groups in total. The molecule has 1 unspecified atom stereocenters. The van der Waals surface area contributed by atoms with E-state index in [1.807, 2.05) is 18.2 Å². The summed E-state index contributed by atoms with van der Waals surface area (Å²) in [5.74, 6) is 1.32. The van der Waals surface area contributed by atoms with E-state index in [4.69, 9.17) is 4.74 Å². The summed E-state index contributed by atoms with van der Waals surface area (Å²) < 4.78 is 5.12. The van der Waals surface area contributed by atoms with Crippen molar-refractivity contribution < 1.29 is 9.53 Å². The fourth-order valence-corrected chi connectivity index (χ4v) is 2.13. The summed E-state index contributed by atoms with van der Waals surface area (Å²) in [6.45, 7) is 4.32. The van der Waals surface area contributed by atoms with Crippen LogP contribution in [-0.4, -0.2) is 13.0 Å². The van der Waals surface area contributed by atoms with E-state index in [-0.39, 0.29) is 11.9 Å². The Labute approximate surface area is 95.8 Å². The van der Waals surface area contributed by atoms with Gasteiger partial charge >= 0.3 is 0 Å². The first-order valence-corrected chi connectivity index (χ1v) is 5.60. The number of nitrogens with one attached hydrogen (secondary N) is 1. The third-order valence-corrected chi connectivity index (χ3v) is 2.89. The van der Waals surface area contributed by atoms with Gasteiger partial charge in [-0.1, -0.05) is 19.9 Å². The van der Waals surface area contributed by atoms with Crippen LogP contribution in [0, 0.1) is 5.92 Å². The minimum Gasteiger partial charge on any atom is -0.497 e. The van der Waals surface area contributed by atoms with Crippen LogP contribution in [0.1, 0.15) is 42.2 Å². The predicted octanol–water partition coefficient (Wildman–Crippen LogP) is 2.53. The van der Waals surface area contributed by atoms with Crippen molar-refractivity contribution >= 4 is 5.91 Å². The lowest BCUT2D eigenvalue weighted by Crippen LogP contribution is -2.20. The molecule has 1 heterocycles. The monoisotopic (exact) mass is 219 g/mol. The Morgan fingerprint density at radius 3 is 2.81 bits per heavy atom. The van der Waals surface area contributed by atoms with Gasteiger partial charge in [-0.05, 0) is 30.0 Å². The molecule has 0 aromatic heterocycles. The minimum atomic E-state index is 0.0135. The number of carbonyl (C=O) groups is 1. The second-order valence-corrected chi connectivity index (χ2v) is 4.61. The van der Waals surface area contributed by atoms with Crippen molar-refractivity contribution in [3.05, 3.63) is 29.3 Å². The average molecular weight is 219 g/mol. The van der Waals surface area contributed by atoms with E-state index in [1.165, 1.54) is 0 Å². The Kier molecular flexibility index (Phi) is 2.86. The van der Waals surface area contributed by atoms with Gasteiger partial charge < -0.3 is 10.1 Å². The number of fused-ring (bicyclic) bond motifs is 1. The van der Waals surface area contributed by atoms with Crippen molar-refractivity contribution in [3.8, 4) is 5.75 Å². The summed E-state index contributed by atoms with van der Waals surface area (Å²) in [6.07, 6.45) is 0.977. The molecule has 86 valence electrons. The van der Waals surface area contributed by atoms with Crippen molar-refractivity contribution in [2.75, 3.05) is 7.11 Å². The SMILES string of the molecule is COc1ccc2c(c1)C(=O)NC2CC(C)C. The molecule has 0 saturated heterocycles. The van der Waals surface area contributed by atoms with Crippen LogP contribution in [0.15, 0.2) is 18.2 Å². The van der Waals surface area contributed by atoms with Crippen molar-refractivity contribution in [1.29, 1.82) is 0 Å². The Morgan fingerprint density at radius 2 is 2.19 bits per heavy atom. The lowest BCUT2D eigenvalue weighted by atomic mass is 9.97. The number of hydrogen-bond donors (Lipinski definition) is 1. The van der Waals surface area contributed by atoms with Crippen LogP contribution in [0.2, 0.25) is 0 Å². The molecule has 0 bridgehead atoms. The molecule has 1 amide bonds. The zero-order valence-electron chi connectivity index (χ0n) is 9.91. The molecule has 0 aliphatic carbocycles. The quantitative estimate of drug-likeness (QED) is 0.848. The molecule has 0 fully saturated rings. The van der Waals surface area contributed by atoms with E-state index in [0.29, 0.717) is 5.92 Å². The van der Waals surface area contributed by atoms with E-state index in [0.717, 1.165) is 23.3 Å². The van der Waals surface area contributed by atoms with Gasteiger partial charge in [0, 0.05) is 5.56 Å². The first kappa shape index (κ1) is 11.0. The molecule has 2 rings (SSSR count). The molecule has 1 aromatic rings. The predicted molar refractivity (Wildman–Crippen MR) is 62.7 cm³/mol. The summed E-state index contributed by atoms with van der Waals surface area (Å²) in [6, 6.07) is 5.87. The highest BCUT2D eigenvalue weighted by atomic mass is 16.5. The third kappa shape index (κ3) is 1.90. The Balaban J connectivity index is 2.32. The number of rotatable bonds is 3.